The highest BCUT2D eigenvalue weighted by Crippen LogP contribution is 2.30. The number of ketones is 1. The van der Waals surface area contributed by atoms with Gasteiger partial charge < -0.3 is 0 Å². The molecule has 0 unspecified atom stereocenters. The van der Waals surface area contributed by atoms with E-state index in [1.807, 2.05) is 12.1 Å². The van der Waals surface area contributed by atoms with E-state index in [2.05, 4.69) is 0 Å². The van der Waals surface area contributed by atoms with Gasteiger partial charge in [-0.3, -0.25) is 4.79 Å². The Kier molecular flexibility index (Phi) is 3.96. The molecule has 1 nitrogen and oxygen atoms in total. The minimum absolute atomic E-state index is 0.0549. The number of carbonyl (C=O) groups excluding carboxylic acids is 1. The van der Waals surface area contributed by atoms with Gasteiger partial charge in [0.1, 0.15) is 0 Å². The molecule has 2 rings (SSSR count). The molecule has 0 heterocycles. The van der Waals surface area contributed by atoms with Gasteiger partial charge in [0.25, 0.3) is 0 Å². The first-order chi connectivity index (χ1) is 8.49. The van der Waals surface area contributed by atoms with Gasteiger partial charge in [0.2, 0.25) is 0 Å². The fraction of sp³-hybridized carbons (Fsp3) is 0.0714. The number of carbonyl (C=O) groups is 1. The van der Waals surface area contributed by atoms with Gasteiger partial charge in [-0.15, -0.1) is 0 Å². The molecular formula is C14H9Cl3O. The molecule has 2 aromatic carbocycles. The normalized spacial score (nSPS) is 10.4. The number of hydrogen-bond acceptors (Lipinski definition) is 1. The summed E-state index contributed by atoms with van der Waals surface area (Å²) in [4.78, 5) is 11.3. The minimum atomic E-state index is -0.0549. The standard InChI is InChI=1S/C14H9Cl3O/c1-8(18)11-4-2-9(6-13(11)16)10-3-5-12(15)14(17)7-10/h2-7H,1H3. The van der Waals surface area contributed by atoms with Crippen molar-refractivity contribution in [1.82, 2.24) is 0 Å². The van der Waals surface area contributed by atoms with Crippen LogP contribution in [0.2, 0.25) is 15.1 Å². The van der Waals surface area contributed by atoms with Gasteiger partial charge in [0.05, 0.1) is 15.1 Å². The van der Waals surface area contributed by atoms with Crippen LogP contribution in [-0.2, 0) is 0 Å². The van der Waals surface area contributed by atoms with E-state index in [4.69, 9.17) is 34.8 Å². The van der Waals surface area contributed by atoms with Crippen LogP contribution < -0.4 is 0 Å². The average Bonchev–Trinajstić information content (AvgIpc) is 2.32. The molecule has 0 aliphatic rings. The molecule has 0 aliphatic heterocycles. The minimum Gasteiger partial charge on any atom is -0.294 e. The maximum absolute atomic E-state index is 11.3. The van der Waals surface area contributed by atoms with Gasteiger partial charge in [0.15, 0.2) is 5.78 Å². The molecule has 0 amide bonds. The molecule has 0 aliphatic carbocycles. The van der Waals surface area contributed by atoms with Crippen LogP contribution in [-0.4, -0.2) is 5.78 Å². The average molecular weight is 300 g/mol. The summed E-state index contributed by atoms with van der Waals surface area (Å²) in [6.45, 7) is 1.49. The molecule has 0 saturated carbocycles. The van der Waals surface area contributed by atoms with E-state index in [1.165, 1.54) is 6.92 Å². The van der Waals surface area contributed by atoms with Crippen LogP contribution in [0.4, 0.5) is 0 Å². The summed E-state index contributed by atoms with van der Waals surface area (Å²) in [5, 5.41) is 1.43. The second kappa shape index (κ2) is 5.31. The largest absolute Gasteiger partial charge is 0.294 e. The van der Waals surface area contributed by atoms with Gasteiger partial charge >= 0.3 is 0 Å². The Balaban J connectivity index is 2.48. The Morgan fingerprint density at radius 1 is 0.833 bits per heavy atom. The summed E-state index contributed by atoms with van der Waals surface area (Å²) in [7, 11) is 0. The van der Waals surface area contributed by atoms with Gasteiger partial charge in [-0.1, -0.05) is 46.9 Å². The SMILES string of the molecule is CC(=O)c1ccc(-c2ccc(Cl)c(Cl)c2)cc1Cl. The van der Waals surface area contributed by atoms with E-state index < -0.39 is 0 Å². The van der Waals surface area contributed by atoms with Crippen molar-refractivity contribution >= 4 is 40.6 Å². The number of Topliss-reactive ketones (excluding diaryl/α,β-unsaturated/α-hetero) is 1. The predicted molar refractivity (Wildman–Crippen MR) is 76.9 cm³/mol. The van der Waals surface area contributed by atoms with Crippen molar-refractivity contribution in [3.8, 4) is 11.1 Å². The van der Waals surface area contributed by atoms with E-state index in [0.717, 1.165) is 11.1 Å². The summed E-state index contributed by atoms with van der Waals surface area (Å²) >= 11 is 17.9. The molecule has 4 heteroatoms. The molecular weight excluding hydrogens is 291 g/mol. The smallest absolute Gasteiger partial charge is 0.161 e. The van der Waals surface area contributed by atoms with Crippen molar-refractivity contribution in [3.63, 3.8) is 0 Å². The predicted octanol–water partition coefficient (Wildman–Crippen LogP) is 5.52. The molecule has 0 atom stereocenters. The molecule has 92 valence electrons. The lowest BCUT2D eigenvalue weighted by Crippen LogP contribution is -1.93. The fourth-order valence-corrected chi connectivity index (χ4v) is 2.27. The molecule has 0 saturated heterocycles. The molecule has 0 N–H and O–H groups in total. The van der Waals surface area contributed by atoms with Crippen LogP contribution in [0.25, 0.3) is 11.1 Å². The first-order valence-corrected chi connectivity index (χ1v) is 6.38. The van der Waals surface area contributed by atoms with E-state index in [0.29, 0.717) is 20.6 Å². The van der Waals surface area contributed by atoms with Gasteiger partial charge in [0, 0.05) is 5.56 Å². The molecule has 0 bridgehead atoms. The monoisotopic (exact) mass is 298 g/mol. The second-order valence-corrected chi connectivity index (χ2v) is 5.10. The van der Waals surface area contributed by atoms with Crippen molar-refractivity contribution in [3.05, 3.63) is 57.0 Å². The highest BCUT2D eigenvalue weighted by Gasteiger charge is 2.08. The summed E-state index contributed by atoms with van der Waals surface area (Å²) < 4.78 is 0. The lowest BCUT2D eigenvalue weighted by atomic mass is 10.0. The van der Waals surface area contributed by atoms with E-state index in [1.54, 1.807) is 24.3 Å². The van der Waals surface area contributed by atoms with Crippen LogP contribution in [0.5, 0.6) is 0 Å². The maximum atomic E-state index is 11.3. The quantitative estimate of drug-likeness (QED) is 0.668. The van der Waals surface area contributed by atoms with Crippen LogP contribution in [0.3, 0.4) is 0 Å². The van der Waals surface area contributed by atoms with Crippen LogP contribution in [0.1, 0.15) is 17.3 Å². The molecule has 0 fully saturated rings. The van der Waals surface area contributed by atoms with E-state index >= 15 is 0 Å². The van der Waals surface area contributed by atoms with Crippen LogP contribution >= 0.6 is 34.8 Å². The topological polar surface area (TPSA) is 17.1 Å². The van der Waals surface area contributed by atoms with E-state index in [-0.39, 0.29) is 5.78 Å². The third-order valence-electron chi connectivity index (χ3n) is 2.60. The highest BCUT2D eigenvalue weighted by atomic mass is 35.5. The first kappa shape index (κ1) is 13.4. The van der Waals surface area contributed by atoms with Crippen molar-refractivity contribution < 1.29 is 4.79 Å². The zero-order valence-corrected chi connectivity index (χ0v) is 11.8. The van der Waals surface area contributed by atoms with Gasteiger partial charge in [-0.25, -0.2) is 0 Å². The maximum Gasteiger partial charge on any atom is 0.161 e. The molecule has 0 spiro atoms. The summed E-state index contributed by atoms with van der Waals surface area (Å²) in [5.74, 6) is -0.0549. The number of hydrogen-bond donors (Lipinski definition) is 0. The van der Waals surface area contributed by atoms with Crippen LogP contribution in [0, 0.1) is 0 Å². The lowest BCUT2D eigenvalue weighted by Gasteiger charge is -2.06. The Hall–Kier alpha value is -1.02. The number of benzene rings is 2. The third-order valence-corrected chi connectivity index (χ3v) is 3.65. The summed E-state index contributed by atoms with van der Waals surface area (Å²) in [6.07, 6.45) is 0. The second-order valence-electron chi connectivity index (χ2n) is 3.88. The fourth-order valence-electron chi connectivity index (χ4n) is 1.66. The summed E-state index contributed by atoms with van der Waals surface area (Å²) in [6, 6.07) is 10.6. The Bertz CT molecular complexity index is 620. The van der Waals surface area contributed by atoms with Crippen LogP contribution in [0.15, 0.2) is 36.4 Å². The molecule has 0 aromatic heterocycles. The zero-order chi connectivity index (χ0) is 13.3. The molecule has 18 heavy (non-hydrogen) atoms. The lowest BCUT2D eigenvalue weighted by molar-refractivity contribution is 0.101. The van der Waals surface area contributed by atoms with Crippen molar-refractivity contribution in [2.24, 2.45) is 0 Å². The van der Waals surface area contributed by atoms with Crippen molar-refractivity contribution in [1.29, 1.82) is 0 Å². The molecule has 0 radical (unpaired) electrons. The Morgan fingerprint density at radius 3 is 1.89 bits per heavy atom. The van der Waals surface area contributed by atoms with Gasteiger partial charge in [-0.05, 0) is 42.3 Å². The highest BCUT2D eigenvalue weighted by molar-refractivity contribution is 6.42. The number of halogens is 3. The summed E-state index contributed by atoms with van der Waals surface area (Å²) in [5.41, 5.74) is 2.31. The van der Waals surface area contributed by atoms with Crippen molar-refractivity contribution in [2.75, 3.05) is 0 Å². The molecule has 2 aromatic rings. The zero-order valence-electron chi connectivity index (χ0n) is 9.51. The number of rotatable bonds is 2. The van der Waals surface area contributed by atoms with Crippen molar-refractivity contribution in [2.45, 2.75) is 6.92 Å². The van der Waals surface area contributed by atoms with Gasteiger partial charge in [-0.2, -0.15) is 0 Å². The third kappa shape index (κ3) is 2.69. The Morgan fingerprint density at radius 2 is 1.39 bits per heavy atom. The first-order valence-electron chi connectivity index (χ1n) is 5.25. The van der Waals surface area contributed by atoms with E-state index in [9.17, 15) is 4.79 Å². The Labute approximate surface area is 120 Å².